The molecule has 0 bridgehead atoms. The first kappa shape index (κ1) is 110. The third-order valence-corrected chi connectivity index (χ3v) is 34.9. The van der Waals surface area contributed by atoms with Crippen LogP contribution in [0.25, 0.3) is 0 Å². The van der Waals surface area contributed by atoms with Gasteiger partial charge in [-0.1, -0.05) is 101 Å². The first-order valence-corrected chi connectivity index (χ1v) is 47.6. The summed E-state index contributed by atoms with van der Waals surface area (Å²) in [6.07, 6.45) is 5.81. The molecule has 2 rings (SSSR count). The highest BCUT2D eigenvalue weighted by Crippen LogP contribution is 2.47. The number of amides is 4. The molecule has 20 nitrogen and oxygen atoms in total. The van der Waals surface area contributed by atoms with E-state index in [0.717, 1.165) is 57.0 Å². The standard InChI is InChI=1S/C51H108N4O16Si6.3C2H4.8CH4/c1-42(56)54-43-32-48(2,3)36-50(6,34-43)38-52-45(57)64-27-24-61-22-20-30-72(8,9)68-76(16,17)69-73(10,11)31-21-23-62-25-28-66-47(59)55-44-33-49(4,5)37-51(7,35-44)39-53-46(58)65-29-26-63-40-74(12,13)70-77(18,19)71-75(14,15)41-67-60;3*1-2;;;;;;;;/h43-44,60H,20-41H2,1-19H3,(H,52,57)(H,53,58)(H,54,56)(H,55,59);3*1-2H2;8*1H4. The van der Waals surface area contributed by atoms with Crippen molar-refractivity contribution in [3.8, 4) is 0 Å². The number of rotatable bonds is 35. The molecule has 26 heteroatoms. The van der Waals surface area contributed by atoms with Gasteiger partial charge in [-0.05, 0) is 164 Å². The maximum Gasteiger partial charge on any atom is 0.407 e. The number of carbonyl (C=O) groups is 4. The Kier molecular flexibility index (Phi) is 62.4. The minimum atomic E-state index is -2.49. The van der Waals surface area contributed by atoms with Gasteiger partial charge in [-0.3, -0.25) is 10.1 Å². The highest BCUT2D eigenvalue weighted by Gasteiger charge is 2.45. The molecule has 4 unspecified atom stereocenters. The van der Waals surface area contributed by atoms with E-state index in [9.17, 15) is 19.2 Å². The minimum Gasteiger partial charge on any atom is -0.447 e. The van der Waals surface area contributed by atoms with Crippen molar-refractivity contribution in [3.63, 3.8) is 0 Å². The molecule has 0 aliphatic heterocycles. The Bertz CT molecular complexity index is 1890. The average Bonchev–Trinajstić information content (AvgIpc) is 3.47. The summed E-state index contributed by atoms with van der Waals surface area (Å²) in [6.45, 7) is 61.0. The smallest absolute Gasteiger partial charge is 0.407 e. The van der Waals surface area contributed by atoms with Crippen LogP contribution >= 0.6 is 0 Å². The van der Waals surface area contributed by atoms with Gasteiger partial charge in [0.05, 0.1) is 32.3 Å². The molecular weight excluding hydrogens is 1260 g/mol. The molecule has 2 saturated carbocycles. The monoisotopic (exact) mass is 1410 g/mol. The van der Waals surface area contributed by atoms with Gasteiger partial charge in [-0.15, -0.1) is 39.5 Å². The second kappa shape index (κ2) is 51.7. The van der Waals surface area contributed by atoms with Gasteiger partial charge >= 0.3 is 35.4 Å². The van der Waals surface area contributed by atoms with Crippen molar-refractivity contribution in [2.75, 3.05) is 78.4 Å². The van der Waals surface area contributed by atoms with E-state index in [1.54, 1.807) is 6.92 Å². The number of hydrogen-bond acceptors (Lipinski definition) is 16. The lowest BCUT2D eigenvalue weighted by molar-refractivity contribution is -0.228. The molecule has 91 heavy (non-hydrogen) atoms. The van der Waals surface area contributed by atoms with Gasteiger partial charge in [0.25, 0.3) is 0 Å². The van der Waals surface area contributed by atoms with E-state index >= 15 is 0 Å². The first-order chi connectivity index (χ1) is 38.2. The normalized spacial score (nSPS) is 18.9. The van der Waals surface area contributed by atoms with Gasteiger partial charge in [-0.25, -0.2) is 19.3 Å². The van der Waals surface area contributed by atoms with Crippen LogP contribution in [0.4, 0.5) is 14.4 Å². The summed E-state index contributed by atoms with van der Waals surface area (Å²) in [5.41, 5.74) is -0.440. The Morgan fingerprint density at radius 2 is 0.736 bits per heavy atom. The van der Waals surface area contributed by atoms with Gasteiger partial charge in [0, 0.05) is 45.3 Å². The molecular formula is C65H152N4O16Si6. The van der Waals surface area contributed by atoms with Crippen LogP contribution in [0, 0.1) is 21.7 Å². The third kappa shape index (κ3) is 54.3. The fraction of sp³-hybridized carbons (Fsp3) is 0.846. The Morgan fingerprint density at radius 1 is 0.429 bits per heavy atom. The van der Waals surface area contributed by atoms with Crippen molar-refractivity contribution >= 4 is 74.6 Å². The van der Waals surface area contributed by atoms with Gasteiger partial charge in [-0.2, -0.15) is 0 Å². The van der Waals surface area contributed by atoms with Crippen molar-refractivity contribution in [1.82, 2.24) is 21.3 Å². The van der Waals surface area contributed by atoms with Crippen LogP contribution < -0.4 is 21.3 Å². The predicted octanol–water partition coefficient (Wildman–Crippen LogP) is 17.7. The maximum absolute atomic E-state index is 12.9. The van der Waals surface area contributed by atoms with Gasteiger partial charge in [0.2, 0.25) is 22.5 Å². The molecule has 0 aromatic carbocycles. The fourth-order valence-electron chi connectivity index (χ4n) is 12.2. The molecule has 0 saturated heterocycles. The number of carbonyl (C=O) groups excluding carboxylic acids is 4. The topological polar surface area (TPSA) is 238 Å². The predicted molar refractivity (Wildman–Crippen MR) is 403 cm³/mol. The zero-order valence-corrected chi connectivity index (χ0v) is 61.5. The summed E-state index contributed by atoms with van der Waals surface area (Å²) < 4.78 is 60.2. The Hall–Kier alpha value is -2.56. The minimum absolute atomic E-state index is 0. The largest absolute Gasteiger partial charge is 0.447 e. The number of ether oxygens (including phenoxy) is 6. The highest BCUT2D eigenvalue weighted by atomic mass is 28.5. The van der Waals surface area contributed by atoms with Crippen LogP contribution in [0.3, 0.4) is 0 Å². The summed E-state index contributed by atoms with van der Waals surface area (Å²) in [6, 6.07) is 1.80. The lowest BCUT2D eigenvalue weighted by Gasteiger charge is -2.46. The zero-order chi connectivity index (χ0) is 64.6. The average molecular weight is 1410 g/mol. The summed E-state index contributed by atoms with van der Waals surface area (Å²) >= 11 is 0. The second-order valence-corrected chi connectivity index (χ2v) is 52.0. The summed E-state index contributed by atoms with van der Waals surface area (Å²) in [7, 11) is -13.5. The molecule has 0 radical (unpaired) electrons. The van der Waals surface area contributed by atoms with Crippen LogP contribution in [-0.2, 0) is 54.6 Å². The maximum atomic E-state index is 12.9. The molecule has 0 heterocycles. The molecule has 552 valence electrons. The fourth-order valence-corrected chi connectivity index (χ4v) is 38.8. The first-order valence-electron chi connectivity index (χ1n) is 29.5. The SMILES string of the molecule is C.C.C.C.C.C.C.C.C=C.C=C.C=C.CC(=O)NC1CC(C)(C)CC(C)(CNC(=O)OCCOCCC[Si](C)(C)O[Si](C)(C)O[Si](C)(C)CCCOCCOC(=O)NC2CC(C)(C)CC(C)(CNC(=O)OCCOC[Si](C)(C)O[Si](C)(C)O[Si](C)(C)COO)C2)C1. The third-order valence-electron chi connectivity index (χ3n) is 13.4. The molecule has 2 aliphatic carbocycles. The van der Waals surface area contributed by atoms with Gasteiger partial charge in [0.1, 0.15) is 19.8 Å². The summed E-state index contributed by atoms with van der Waals surface area (Å²) in [4.78, 5) is 54.2. The zero-order valence-electron chi connectivity index (χ0n) is 55.5. The quantitative estimate of drug-likeness (QED) is 0.00990. The Morgan fingerprint density at radius 3 is 1.08 bits per heavy atom. The molecule has 2 fully saturated rings. The van der Waals surface area contributed by atoms with E-state index < -0.39 is 68.7 Å². The molecule has 2 aliphatic rings. The molecule has 0 aromatic heterocycles. The molecule has 4 amide bonds. The van der Waals surface area contributed by atoms with Crippen molar-refractivity contribution < 1.29 is 74.2 Å². The Balaban J connectivity index is -0.000000568. The van der Waals surface area contributed by atoms with Crippen LogP contribution in [-0.4, -0.2) is 170 Å². The summed E-state index contributed by atoms with van der Waals surface area (Å²) in [5.74, 6) is -0.0278. The van der Waals surface area contributed by atoms with Crippen molar-refractivity contribution in [1.29, 1.82) is 0 Å². The molecule has 0 spiro atoms. The Labute approximate surface area is 568 Å². The van der Waals surface area contributed by atoms with E-state index in [0.29, 0.717) is 52.2 Å². The van der Waals surface area contributed by atoms with Gasteiger partial charge < -0.3 is 66.1 Å². The highest BCUT2D eigenvalue weighted by molar-refractivity contribution is 6.88. The van der Waals surface area contributed by atoms with Crippen LogP contribution in [0.2, 0.25) is 90.7 Å². The van der Waals surface area contributed by atoms with Gasteiger partial charge in [0.15, 0.2) is 16.6 Å². The van der Waals surface area contributed by atoms with Crippen molar-refractivity contribution in [2.45, 2.75) is 262 Å². The van der Waals surface area contributed by atoms with Crippen molar-refractivity contribution in [3.05, 3.63) is 39.5 Å². The van der Waals surface area contributed by atoms with E-state index in [1.807, 2.05) is 26.2 Å². The number of hydrogen-bond donors (Lipinski definition) is 5. The summed E-state index contributed by atoms with van der Waals surface area (Å²) in [5, 5.41) is 20.9. The van der Waals surface area contributed by atoms with Crippen LogP contribution in [0.15, 0.2) is 39.5 Å². The van der Waals surface area contributed by atoms with Crippen LogP contribution in [0.1, 0.15) is 159 Å². The van der Waals surface area contributed by atoms with E-state index in [2.05, 4.69) is 160 Å². The lowest BCUT2D eigenvalue weighted by Crippen LogP contribution is -2.55. The molecule has 0 aromatic rings. The van der Waals surface area contributed by atoms with Crippen molar-refractivity contribution in [2.24, 2.45) is 21.7 Å². The number of nitrogens with one attached hydrogen (secondary N) is 4. The second-order valence-electron chi connectivity index (χ2n) is 27.5. The van der Waals surface area contributed by atoms with E-state index in [-0.39, 0.29) is 132 Å². The number of alkyl carbamates (subject to hydrolysis) is 3. The van der Waals surface area contributed by atoms with E-state index in [4.69, 9.17) is 50.1 Å². The van der Waals surface area contributed by atoms with E-state index in [1.165, 1.54) is 0 Å². The van der Waals surface area contributed by atoms with Crippen LogP contribution in [0.5, 0.6) is 0 Å². The molecule has 5 N–H and O–H groups in total. The molecule has 4 atom stereocenters. The lowest BCUT2D eigenvalue weighted by atomic mass is 9.62.